The van der Waals surface area contributed by atoms with E-state index >= 15 is 0 Å². The predicted molar refractivity (Wildman–Crippen MR) is 85.2 cm³/mol. The smallest absolute Gasteiger partial charge is 0.145 e. The second-order valence-corrected chi connectivity index (χ2v) is 5.64. The summed E-state index contributed by atoms with van der Waals surface area (Å²) < 4.78 is 11.4. The molecule has 0 unspecified atom stereocenters. The monoisotopic (exact) mass is 283 g/mol. The zero-order chi connectivity index (χ0) is 14.8. The highest BCUT2D eigenvalue weighted by Crippen LogP contribution is 2.28. The lowest BCUT2D eigenvalue weighted by molar-refractivity contribution is 0.321. The highest BCUT2D eigenvalue weighted by atomic mass is 16.5. The van der Waals surface area contributed by atoms with Crippen molar-refractivity contribution < 1.29 is 9.47 Å². The van der Waals surface area contributed by atoms with E-state index in [1.54, 1.807) is 0 Å². The van der Waals surface area contributed by atoms with Crippen LogP contribution in [0.15, 0.2) is 30.3 Å². The minimum Gasteiger partial charge on any atom is -0.493 e. The fraction of sp³-hybridized carbons (Fsp3) is 0.333. The number of nitrogen functional groups attached to an aromatic ring is 1. The van der Waals surface area contributed by atoms with Crippen LogP contribution in [0.1, 0.15) is 22.3 Å². The Morgan fingerprint density at radius 1 is 1.19 bits per heavy atom. The Balaban J connectivity index is 1.64. The van der Waals surface area contributed by atoms with Gasteiger partial charge in [-0.1, -0.05) is 18.2 Å². The summed E-state index contributed by atoms with van der Waals surface area (Å²) in [4.78, 5) is 0. The number of nitrogens with two attached hydrogens (primary N) is 1. The van der Waals surface area contributed by atoms with Crippen LogP contribution in [-0.2, 0) is 12.8 Å². The van der Waals surface area contributed by atoms with E-state index in [0.717, 1.165) is 47.8 Å². The van der Waals surface area contributed by atoms with E-state index < -0.39 is 0 Å². The van der Waals surface area contributed by atoms with E-state index in [9.17, 15) is 0 Å². The molecule has 1 aliphatic heterocycles. The van der Waals surface area contributed by atoms with Gasteiger partial charge in [0.15, 0.2) is 0 Å². The molecule has 0 atom stereocenters. The fourth-order valence-corrected chi connectivity index (χ4v) is 2.85. The van der Waals surface area contributed by atoms with Crippen molar-refractivity contribution in [3.8, 4) is 11.5 Å². The number of hydrogen-bond donors (Lipinski definition) is 1. The standard InChI is InChI=1S/C18H21NO2/c1-12-9-13(2)18(16(19)10-12)21-7-5-14-3-4-17-15(11-14)6-8-20-17/h3-4,9-11H,5-8,19H2,1-2H3. The normalized spacial score (nSPS) is 12.9. The Morgan fingerprint density at radius 3 is 2.86 bits per heavy atom. The molecule has 0 aromatic heterocycles. The molecule has 1 heterocycles. The van der Waals surface area contributed by atoms with Crippen LogP contribution in [0.4, 0.5) is 5.69 Å². The molecule has 21 heavy (non-hydrogen) atoms. The molecule has 0 saturated carbocycles. The molecule has 0 saturated heterocycles. The Bertz CT molecular complexity index is 641. The minimum absolute atomic E-state index is 0.633. The highest BCUT2D eigenvalue weighted by molar-refractivity contribution is 5.58. The molecule has 0 amide bonds. The average Bonchev–Trinajstić information content (AvgIpc) is 2.89. The van der Waals surface area contributed by atoms with Gasteiger partial charge in [-0.2, -0.15) is 0 Å². The summed E-state index contributed by atoms with van der Waals surface area (Å²) in [6.45, 7) is 5.51. The molecule has 2 aromatic rings. The van der Waals surface area contributed by atoms with Crippen molar-refractivity contribution in [2.45, 2.75) is 26.7 Å². The summed E-state index contributed by atoms with van der Waals surface area (Å²) >= 11 is 0. The Hall–Kier alpha value is -2.16. The number of anilines is 1. The Labute approximate surface area is 125 Å². The molecule has 0 fully saturated rings. The molecule has 110 valence electrons. The zero-order valence-corrected chi connectivity index (χ0v) is 12.6. The van der Waals surface area contributed by atoms with Gasteiger partial charge in [0, 0.05) is 12.8 Å². The fourth-order valence-electron chi connectivity index (χ4n) is 2.85. The Morgan fingerprint density at radius 2 is 2.05 bits per heavy atom. The van der Waals surface area contributed by atoms with Crippen molar-refractivity contribution >= 4 is 5.69 Å². The second-order valence-electron chi connectivity index (χ2n) is 5.64. The molecule has 0 spiro atoms. The molecule has 3 rings (SSSR count). The van der Waals surface area contributed by atoms with Gasteiger partial charge in [-0.3, -0.25) is 0 Å². The van der Waals surface area contributed by atoms with Gasteiger partial charge in [-0.25, -0.2) is 0 Å². The van der Waals surface area contributed by atoms with E-state index in [4.69, 9.17) is 15.2 Å². The summed E-state index contributed by atoms with van der Waals surface area (Å²) in [6, 6.07) is 10.4. The first kappa shape index (κ1) is 13.8. The summed E-state index contributed by atoms with van der Waals surface area (Å²) in [5.41, 5.74) is 11.6. The first-order valence-electron chi connectivity index (χ1n) is 7.37. The van der Waals surface area contributed by atoms with E-state index in [0.29, 0.717) is 6.61 Å². The van der Waals surface area contributed by atoms with Crippen LogP contribution in [-0.4, -0.2) is 13.2 Å². The number of hydrogen-bond acceptors (Lipinski definition) is 3. The van der Waals surface area contributed by atoms with Crippen molar-refractivity contribution in [1.82, 2.24) is 0 Å². The topological polar surface area (TPSA) is 44.5 Å². The summed E-state index contributed by atoms with van der Waals surface area (Å²) in [5.74, 6) is 1.84. The molecule has 0 radical (unpaired) electrons. The first-order chi connectivity index (χ1) is 10.1. The van der Waals surface area contributed by atoms with Crippen molar-refractivity contribution in [2.24, 2.45) is 0 Å². The van der Waals surface area contributed by atoms with Gasteiger partial charge < -0.3 is 15.2 Å². The third-order valence-electron chi connectivity index (χ3n) is 3.84. The molecule has 2 aromatic carbocycles. The molecule has 0 bridgehead atoms. The number of benzene rings is 2. The van der Waals surface area contributed by atoms with Crippen molar-refractivity contribution in [2.75, 3.05) is 18.9 Å². The van der Waals surface area contributed by atoms with E-state index in [1.165, 1.54) is 11.1 Å². The highest BCUT2D eigenvalue weighted by Gasteiger charge is 2.12. The number of fused-ring (bicyclic) bond motifs is 1. The maximum Gasteiger partial charge on any atom is 0.145 e. The molecular formula is C18H21NO2. The van der Waals surface area contributed by atoms with Crippen LogP contribution < -0.4 is 15.2 Å². The zero-order valence-electron chi connectivity index (χ0n) is 12.6. The van der Waals surface area contributed by atoms with Crippen LogP contribution in [0.25, 0.3) is 0 Å². The Kier molecular flexibility index (Phi) is 3.74. The maximum atomic E-state index is 6.03. The SMILES string of the molecule is Cc1cc(C)c(OCCc2ccc3c(c2)CCO3)c(N)c1. The van der Waals surface area contributed by atoms with Gasteiger partial charge in [0.05, 0.1) is 18.9 Å². The molecule has 3 heteroatoms. The van der Waals surface area contributed by atoms with Crippen LogP contribution >= 0.6 is 0 Å². The van der Waals surface area contributed by atoms with Crippen molar-refractivity contribution in [1.29, 1.82) is 0 Å². The lowest BCUT2D eigenvalue weighted by Crippen LogP contribution is -2.05. The van der Waals surface area contributed by atoms with Crippen LogP contribution in [0.2, 0.25) is 0 Å². The van der Waals surface area contributed by atoms with Crippen LogP contribution in [0.3, 0.4) is 0 Å². The molecule has 1 aliphatic rings. The largest absolute Gasteiger partial charge is 0.493 e. The van der Waals surface area contributed by atoms with Gasteiger partial charge in [0.1, 0.15) is 11.5 Å². The van der Waals surface area contributed by atoms with Gasteiger partial charge in [-0.05, 0) is 48.2 Å². The molecule has 0 aliphatic carbocycles. The lowest BCUT2D eigenvalue weighted by atomic mass is 10.1. The van der Waals surface area contributed by atoms with Gasteiger partial charge in [0.2, 0.25) is 0 Å². The molecule has 2 N–H and O–H groups in total. The number of ether oxygens (including phenoxy) is 2. The van der Waals surface area contributed by atoms with E-state index in [2.05, 4.69) is 24.3 Å². The van der Waals surface area contributed by atoms with Gasteiger partial charge >= 0.3 is 0 Å². The summed E-state index contributed by atoms with van der Waals surface area (Å²) in [7, 11) is 0. The molecule has 3 nitrogen and oxygen atoms in total. The van der Waals surface area contributed by atoms with E-state index in [-0.39, 0.29) is 0 Å². The third kappa shape index (κ3) is 2.97. The van der Waals surface area contributed by atoms with Crippen LogP contribution in [0.5, 0.6) is 11.5 Å². The van der Waals surface area contributed by atoms with Gasteiger partial charge in [-0.15, -0.1) is 0 Å². The van der Waals surface area contributed by atoms with Gasteiger partial charge in [0.25, 0.3) is 0 Å². The average molecular weight is 283 g/mol. The lowest BCUT2D eigenvalue weighted by Gasteiger charge is -2.13. The maximum absolute atomic E-state index is 6.03. The number of aryl methyl sites for hydroxylation is 2. The van der Waals surface area contributed by atoms with E-state index in [1.807, 2.05) is 19.9 Å². The summed E-state index contributed by atoms with van der Waals surface area (Å²) in [5, 5.41) is 0. The first-order valence-corrected chi connectivity index (χ1v) is 7.37. The predicted octanol–water partition coefficient (Wildman–Crippen LogP) is 3.44. The quantitative estimate of drug-likeness (QED) is 0.874. The van der Waals surface area contributed by atoms with Crippen LogP contribution in [0, 0.1) is 13.8 Å². The summed E-state index contributed by atoms with van der Waals surface area (Å²) in [6.07, 6.45) is 1.88. The minimum atomic E-state index is 0.633. The van der Waals surface area contributed by atoms with Crippen molar-refractivity contribution in [3.05, 3.63) is 52.6 Å². The molecular weight excluding hydrogens is 262 g/mol. The van der Waals surface area contributed by atoms with Crippen molar-refractivity contribution in [3.63, 3.8) is 0 Å². The third-order valence-corrected chi connectivity index (χ3v) is 3.84. The second kappa shape index (κ2) is 5.68. The number of rotatable bonds is 4.